The molecule has 1 unspecified atom stereocenters. The summed E-state index contributed by atoms with van der Waals surface area (Å²) in [6, 6.07) is 5.27. The van der Waals surface area contributed by atoms with Gasteiger partial charge in [-0.05, 0) is 19.1 Å². The average Bonchev–Trinajstić information content (AvgIpc) is 2.88. The van der Waals surface area contributed by atoms with Gasteiger partial charge in [-0.1, -0.05) is 0 Å². The minimum absolute atomic E-state index is 0.0743. The quantitative estimate of drug-likeness (QED) is 0.885. The summed E-state index contributed by atoms with van der Waals surface area (Å²) in [5.74, 6) is 0.738. The fraction of sp³-hybridized carbons (Fsp3) is 0.467. The van der Waals surface area contributed by atoms with Crippen LogP contribution in [0.3, 0.4) is 0 Å². The Kier molecular flexibility index (Phi) is 4.67. The molecule has 1 heterocycles. The average molecular weight is 292 g/mol. The van der Waals surface area contributed by atoms with Gasteiger partial charge >= 0.3 is 0 Å². The van der Waals surface area contributed by atoms with Crippen molar-refractivity contribution < 1.29 is 19.1 Å². The van der Waals surface area contributed by atoms with Crippen molar-refractivity contribution in [1.82, 2.24) is 5.32 Å². The first-order valence-electron chi connectivity index (χ1n) is 6.90. The highest BCUT2D eigenvalue weighted by Gasteiger charge is 2.36. The number of methoxy groups -OCH3 is 2. The number of amides is 2. The second-order valence-corrected chi connectivity index (χ2v) is 4.84. The normalized spacial score (nSPS) is 17.8. The summed E-state index contributed by atoms with van der Waals surface area (Å²) in [5, 5.41) is 2.76. The maximum Gasteiger partial charge on any atom is 0.227 e. The first-order chi connectivity index (χ1) is 10.1. The molecule has 1 saturated heterocycles. The second-order valence-electron chi connectivity index (χ2n) is 4.84. The molecule has 21 heavy (non-hydrogen) atoms. The number of ether oxygens (including phenoxy) is 2. The van der Waals surface area contributed by atoms with Crippen molar-refractivity contribution in [3.8, 4) is 11.5 Å². The molecule has 0 aliphatic carbocycles. The lowest BCUT2D eigenvalue weighted by Crippen LogP contribution is -2.32. The fourth-order valence-electron chi connectivity index (χ4n) is 2.44. The largest absolute Gasteiger partial charge is 0.497 e. The van der Waals surface area contributed by atoms with E-state index >= 15 is 0 Å². The third-order valence-electron chi connectivity index (χ3n) is 3.52. The Hall–Kier alpha value is -2.24. The number of nitrogens with zero attached hydrogens (tertiary/aromatic N) is 1. The first-order valence-corrected chi connectivity index (χ1v) is 6.90. The zero-order valence-corrected chi connectivity index (χ0v) is 12.5. The van der Waals surface area contributed by atoms with Crippen LogP contribution in [0.25, 0.3) is 0 Å². The molecule has 0 saturated carbocycles. The molecule has 0 aromatic heterocycles. The number of carbonyl (C=O) groups excluding carboxylic acids is 2. The van der Waals surface area contributed by atoms with Gasteiger partial charge in [0.15, 0.2) is 0 Å². The summed E-state index contributed by atoms with van der Waals surface area (Å²) in [6.45, 7) is 2.79. The van der Waals surface area contributed by atoms with Crippen LogP contribution in [0, 0.1) is 5.92 Å². The lowest BCUT2D eigenvalue weighted by Gasteiger charge is -2.20. The molecule has 0 radical (unpaired) electrons. The molecule has 1 aromatic carbocycles. The van der Waals surface area contributed by atoms with E-state index in [0.29, 0.717) is 30.3 Å². The number of benzene rings is 1. The summed E-state index contributed by atoms with van der Waals surface area (Å²) in [4.78, 5) is 25.7. The predicted molar refractivity (Wildman–Crippen MR) is 78.7 cm³/mol. The molecule has 6 nitrogen and oxygen atoms in total. The van der Waals surface area contributed by atoms with Gasteiger partial charge < -0.3 is 19.7 Å². The zero-order chi connectivity index (χ0) is 15.4. The van der Waals surface area contributed by atoms with E-state index in [0.717, 1.165) is 0 Å². The summed E-state index contributed by atoms with van der Waals surface area (Å²) in [7, 11) is 3.11. The van der Waals surface area contributed by atoms with E-state index in [4.69, 9.17) is 9.47 Å². The molecule has 1 fully saturated rings. The fourth-order valence-corrected chi connectivity index (χ4v) is 2.44. The van der Waals surface area contributed by atoms with Gasteiger partial charge in [0.1, 0.15) is 11.5 Å². The Morgan fingerprint density at radius 2 is 2.14 bits per heavy atom. The Morgan fingerprint density at radius 1 is 1.38 bits per heavy atom. The molecule has 0 bridgehead atoms. The van der Waals surface area contributed by atoms with Gasteiger partial charge in [-0.15, -0.1) is 0 Å². The first kappa shape index (κ1) is 15.2. The van der Waals surface area contributed by atoms with Crippen LogP contribution >= 0.6 is 0 Å². The highest BCUT2D eigenvalue weighted by molar-refractivity contribution is 6.01. The molecule has 6 heteroatoms. The van der Waals surface area contributed by atoms with Crippen molar-refractivity contribution in [3.05, 3.63) is 18.2 Å². The molecule has 1 aromatic rings. The van der Waals surface area contributed by atoms with E-state index in [1.165, 1.54) is 0 Å². The van der Waals surface area contributed by atoms with Crippen LogP contribution in [-0.4, -0.2) is 39.1 Å². The Balaban J connectivity index is 2.22. The third kappa shape index (κ3) is 3.09. The van der Waals surface area contributed by atoms with Gasteiger partial charge in [-0.3, -0.25) is 9.59 Å². The zero-order valence-electron chi connectivity index (χ0n) is 12.5. The molecule has 1 aliphatic heterocycles. The number of hydrogen-bond donors (Lipinski definition) is 1. The monoisotopic (exact) mass is 292 g/mol. The van der Waals surface area contributed by atoms with Crippen LogP contribution in [0.15, 0.2) is 18.2 Å². The molecule has 1 atom stereocenters. The minimum atomic E-state index is -0.316. The summed E-state index contributed by atoms with van der Waals surface area (Å²) in [6.07, 6.45) is 0.223. The number of anilines is 1. The van der Waals surface area contributed by atoms with Gasteiger partial charge in [0, 0.05) is 25.6 Å². The molecule has 2 rings (SSSR count). The molecule has 1 aliphatic rings. The van der Waals surface area contributed by atoms with Crippen molar-refractivity contribution in [2.45, 2.75) is 13.3 Å². The van der Waals surface area contributed by atoms with Gasteiger partial charge in [0.25, 0.3) is 0 Å². The molecular weight excluding hydrogens is 272 g/mol. The third-order valence-corrected chi connectivity index (χ3v) is 3.52. The summed E-state index contributed by atoms with van der Waals surface area (Å²) in [5.41, 5.74) is 0.662. The van der Waals surface area contributed by atoms with Gasteiger partial charge in [0.2, 0.25) is 11.8 Å². The molecular formula is C15H20N2O4. The smallest absolute Gasteiger partial charge is 0.227 e. The summed E-state index contributed by atoms with van der Waals surface area (Å²) < 4.78 is 10.5. The highest BCUT2D eigenvalue weighted by atomic mass is 16.5. The Labute approximate surface area is 124 Å². The van der Waals surface area contributed by atoms with Gasteiger partial charge in [-0.2, -0.15) is 0 Å². The minimum Gasteiger partial charge on any atom is -0.497 e. The number of rotatable bonds is 5. The van der Waals surface area contributed by atoms with Crippen molar-refractivity contribution in [2.75, 3.05) is 32.2 Å². The molecule has 1 N–H and O–H groups in total. The van der Waals surface area contributed by atoms with E-state index in [1.54, 1.807) is 37.3 Å². The van der Waals surface area contributed by atoms with Gasteiger partial charge in [0.05, 0.1) is 25.8 Å². The standard InChI is InChI=1S/C15H20N2O4/c1-4-16-15(19)10-7-14(18)17(9-10)12-6-5-11(20-2)8-13(12)21-3/h5-6,8,10H,4,7,9H2,1-3H3,(H,16,19). The maximum absolute atomic E-state index is 12.2. The number of hydrogen-bond acceptors (Lipinski definition) is 4. The summed E-state index contributed by atoms with van der Waals surface area (Å²) >= 11 is 0. The molecule has 0 spiro atoms. The van der Waals surface area contributed by atoms with E-state index in [1.807, 2.05) is 6.92 Å². The van der Waals surface area contributed by atoms with Crippen molar-refractivity contribution in [1.29, 1.82) is 0 Å². The van der Waals surface area contributed by atoms with Crippen LogP contribution in [0.1, 0.15) is 13.3 Å². The molecule has 114 valence electrons. The van der Waals surface area contributed by atoms with Crippen LogP contribution in [0.5, 0.6) is 11.5 Å². The van der Waals surface area contributed by atoms with Gasteiger partial charge in [-0.25, -0.2) is 0 Å². The van der Waals surface area contributed by atoms with E-state index < -0.39 is 0 Å². The van der Waals surface area contributed by atoms with Crippen LogP contribution < -0.4 is 19.7 Å². The lowest BCUT2D eigenvalue weighted by atomic mass is 10.1. The maximum atomic E-state index is 12.2. The van der Waals surface area contributed by atoms with Crippen molar-refractivity contribution >= 4 is 17.5 Å². The Morgan fingerprint density at radius 3 is 2.76 bits per heavy atom. The number of carbonyl (C=O) groups is 2. The topological polar surface area (TPSA) is 67.9 Å². The predicted octanol–water partition coefficient (Wildman–Crippen LogP) is 1.19. The molecule has 2 amide bonds. The highest BCUT2D eigenvalue weighted by Crippen LogP contribution is 2.35. The van der Waals surface area contributed by atoms with E-state index in [-0.39, 0.29) is 24.2 Å². The second kappa shape index (κ2) is 6.47. The van der Waals surface area contributed by atoms with Crippen molar-refractivity contribution in [2.24, 2.45) is 5.92 Å². The van der Waals surface area contributed by atoms with Crippen LogP contribution in [-0.2, 0) is 9.59 Å². The van der Waals surface area contributed by atoms with E-state index in [2.05, 4.69) is 5.32 Å². The number of nitrogens with one attached hydrogen (secondary N) is 1. The Bertz CT molecular complexity index is 544. The lowest BCUT2D eigenvalue weighted by molar-refractivity contribution is -0.126. The SMILES string of the molecule is CCNC(=O)C1CC(=O)N(c2ccc(OC)cc2OC)C1. The van der Waals surface area contributed by atoms with E-state index in [9.17, 15) is 9.59 Å². The van der Waals surface area contributed by atoms with Crippen LogP contribution in [0.4, 0.5) is 5.69 Å². The van der Waals surface area contributed by atoms with Crippen LogP contribution in [0.2, 0.25) is 0 Å². The van der Waals surface area contributed by atoms with Crippen molar-refractivity contribution in [3.63, 3.8) is 0 Å².